The Morgan fingerprint density at radius 3 is 2.62 bits per heavy atom. The third kappa shape index (κ3) is 2.36. The highest BCUT2D eigenvalue weighted by atomic mass is 35.5. The summed E-state index contributed by atoms with van der Waals surface area (Å²) in [7, 11) is 0. The molecule has 0 radical (unpaired) electrons. The van der Waals surface area contributed by atoms with Crippen LogP contribution in [0.4, 0.5) is 0 Å². The van der Waals surface area contributed by atoms with Gasteiger partial charge in [-0.05, 0) is 32.6 Å². The van der Waals surface area contributed by atoms with Gasteiger partial charge in [-0.2, -0.15) is 0 Å². The maximum Gasteiger partial charge on any atom is 0.0850 e. The number of hydrogen-bond acceptors (Lipinski definition) is 2. The molecule has 3 heteroatoms. The Balaban J connectivity index is 1.85. The van der Waals surface area contributed by atoms with Gasteiger partial charge in [0, 0.05) is 12.0 Å². The van der Waals surface area contributed by atoms with Crippen LogP contribution < -0.4 is 0 Å². The molecule has 2 saturated heterocycles. The highest BCUT2D eigenvalue weighted by Crippen LogP contribution is 2.29. The van der Waals surface area contributed by atoms with Crippen LogP contribution >= 0.6 is 11.6 Å². The van der Waals surface area contributed by atoms with E-state index in [4.69, 9.17) is 21.1 Å². The van der Waals surface area contributed by atoms with Gasteiger partial charge in [0.2, 0.25) is 0 Å². The first-order valence-electron chi connectivity index (χ1n) is 5.17. The molecule has 13 heavy (non-hydrogen) atoms. The molecule has 0 saturated carbocycles. The van der Waals surface area contributed by atoms with Crippen LogP contribution in [0.2, 0.25) is 0 Å². The van der Waals surface area contributed by atoms with Crippen LogP contribution in [0.3, 0.4) is 0 Å². The van der Waals surface area contributed by atoms with Gasteiger partial charge >= 0.3 is 0 Å². The van der Waals surface area contributed by atoms with Gasteiger partial charge in [-0.25, -0.2) is 0 Å². The number of hydrogen-bond donors (Lipinski definition) is 0. The van der Waals surface area contributed by atoms with E-state index in [0.29, 0.717) is 17.6 Å². The summed E-state index contributed by atoms with van der Waals surface area (Å²) in [6.07, 6.45) is 5.20. The fourth-order valence-electron chi connectivity index (χ4n) is 2.15. The molecule has 0 aromatic heterocycles. The lowest BCUT2D eigenvalue weighted by Crippen LogP contribution is -2.36. The number of halogens is 1. The van der Waals surface area contributed by atoms with Gasteiger partial charge in [0.1, 0.15) is 0 Å². The monoisotopic (exact) mass is 204 g/mol. The lowest BCUT2D eigenvalue weighted by Gasteiger charge is -2.30. The van der Waals surface area contributed by atoms with E-state index >= 15 is 0 Å². The van der Waals surface area contributed by atoms with Gasteiger partial charge in [-0.15, -0.1) is 11.6 Å². The summed E-state index contributed by atoms with van der Waals surface area (Å²) in [6.45, 7) is 2.92. The minimum atomic E-state index is 0.251. The zero-order valence-electron chi connectivity index (χ0n) is 8.04. The van der Waals surface area contributed by atoms with Crippen LogP contribution in [0, 0.1) is 0 Å². The van der Waals surface area contributed by atoms with Crippen molar-refractivity contribution in [3.8, 4) is 0 Å². The quantitative estimate of drug-likeness (QED) is 0.611. The summed E-state index contributed by atoms with van der Waals surface area (Å²) in [5.74, 6) is 0. The molecule has 0 amide bonds. The van der Waals surface area contributed by atoms with Crippen LogP contribution in [-0.4, -0.2) is 30.3 Å². The third-order valence-electron chi connectivity index (χ3n) is 2.93. The number of alkyl halides is 1. The summed E-state index contributed by atoms with van der Waals surface area (Å²) < 4.78 is 11.4. The second-order valence-corrected chi connectivity index (χ2v) is 4.71. The molecular weight excluding hydrogens is 188 g/mol. The van der Waals surface area contributed by atoms with E-state index in [1.165, 1.54) is 0 Å². The Morgan fingerprint density at radius 2 is 2.00 bits per heavy atom. The van der Waals surface area contributed by atoms with Crippen LogP contribution in [0.15, 0.2) is 0 Å². The zero-order valence-corrected chi connectivity index (χ0v) is 8.80. The van der Waals surface area contributed by atoms with Gasteiger partial charge in [-0.3, -0.25) is 0 Å². The molecule has 76 valence electrons. The second kappa shape index (κ2) is 4.16. The normalized spacial score (nSPS) is 46.6. The number of ether oxygens (including phenoxy) is 2. The van der Waals surface area contributed by atoms with Crippen molar-refractivity contribution in [2.24, 2.45) is 0 Å². The van der Waals surface area contributed by atoms with E-state index in [9.17, 15) is 0 Å². The molecule has 2 aliphatic heterocycles. The molecule has 2 fully saturated rings. The van der Waals surface area contributed by atoms with Gasteiger partial charge in [0.15, 0.2) is 0 Å². The van der Waals surface area contributed by atoms with Crippen LogP contribution in [-0.2, 0) is 9.47 Å². The molecule has 0 spiro atoms. The van der Waals surface area contributed by atoms with Crippen molar-refractivity contribution in [2.75, 3.05) is 6.61 Å². The molecule has 0 aromatic carbocycles. The molecule has 4 unspecified atom stereocenters. The Labute approximate surface area is 84.5 Å². The maximum absolute atomic E-state index is 6.09. The predicted octanol–water partition coefficient (Wildman–Crippen LogP) is 2.34. The van der Waals surface area contributed by atoms with E-state index in [1.54, 1.807) is 0 Å². The first kappa shape index (κ1) is 9.75. The standard InChI is InChI=1S/C10H17ClO2/c1-7-2-3-9(13-7)10-6-8(11)4-5-12-10/h7-10H,2-6H2,1H3. The summed E-state index contributed by atoms with van der Waals surface area (Å²) in [5, 5.41) is 0.290. The fourth-order valence-corrected chi connectivity index (χ4v) is 2.42. The van der Waals surface area contributed by atoms with Crippen molar-refractivity contribution in [1.29, 1.82) is 0 Å². The van der Waals surface area contributed by atoms with Gasteiger partial charge in [-0.1, -0.05) is 0 Å². The van der Waals surface area contributed by atoms with Gasteiger partial charge in [0.25, 0.3) is 0 Å². The van der Waals surface area contributed by atoms with E-state index in [0.717, 1.165) is 32.3 Å². The highest BCUT2D eigenvalue weighted by molar-refractivity contribution is 6.20. The molecule has 0 aromatic rings. The average Bonchev–Trinajstić information content (AvgIpc) is 2.52. The first-order valence-corrected chi connectivity index (χ1v) is 5.60. The minimum Gasteiger partial charge on any atom is -0.375 e. The fraction of sp³-hybridized carbons (Fsp3) is 1.00. The van der Waals surface area contributed by atoms with Crippen LogP contribution in [0.25, 0.3) is 0 Å². The average molecular weight is 205 g/mol. The Morgan fingerprint density at radius 1 is 1.15 bits per heavy atom. The second-order valence-electron chi connectivity index (χ2n) is 4.09. The molecule has 2 nitrogen and oxygen atoms in total. The largest absolute Gasteiger partial charge is 0.375 e. The van der Waals surface area contributed by atoms with E-state index in [-0.39, 0.29) is 6.10 Å². The molecule has 2 heterocycles. The van der Waals surface area contributed by atoms with E-state index in [1.807, 2.05) is 0 Å². The maximum atomic E-state index is 6.09. The van der Waals surface area contributed by atoms with Crippen molar-refractivity contribution in [3.63, 3.8) is 0 Å². The van der Waals surface area contributed by atoms with Crippen molar-refractivity contribution in [1.82, 2.24) is 0 Å². The minimum absolute atomic E-state index is 0.251. The van der Waals surface area contributed by atoms with E-state index in [2.05, 4.69) is 6.92 Å². The summed E-state index contributed by atoms with van der Waals surface area (Å²) in [5.41, 5.74) is 0. The third-order valence-corrected chi connectivity index (χ3v) is 3.33. The topological polar surface area (TPSA) is 18.5 Å². The Bertz CT molecular complexity index is 174. The first-order chi connectivity index (χ1) is 6.25. The van der Waals surface area contributed by atoms with Crippen LogP contribution in [0.1, 0.15) is 32.6 Å². The molecular formula is C10H17ClO2. The Kier molecular flexibility index (Phi) is 3.12. The molecule has 2 aliphatic rings. The predicted molar refractivity (Wildman–Crippen MR) is 52.2 cm³/mol. The summed E-state index contributed by atoms with van der Waals surface area (Å²) >= 11 is 6.09. The SMILES string of the molecule is CC1CCC(C2CC(Cl)CCO2)O1. The molecule has 4 atom stereocenters. The highest BCUT2D eigenvalue weighted by Gasteiger charge is 2.33. The van der Waals surface area contributed by atoms with Gasteiger partial charge < -0.3 is 9.47 Å². The summed E-state index contributed by atoms with van der Waals surface area (Å²) in [4.78, 5) is 0. The summed E-state index contributed by atoms with van der Waals surface area (Å²) in [6, 6.07) is 0. The molecule has 2 rings (SSSR count). The van der Waals surface area contributed by atoms with Gasteiger partial charge in [0.05, 0.1) is 18.3 Å². The van der Waals surface area contributed by atoms with Crippen molar-refractivity contribution >= 4 is 11.6 Å². The van der Waals surface area contributed by atoms with Crippen molar-refractivity contribution in [2.45, 2.75) is 56.3 Å². The molecule has 0 aliphatic carbocycles. The zero-order chi connectivity index (χ0) is 9.26. The van der Waals surface area contributed by atoms with Crippen molar-refractivity contribution < 1.29 is 9.47 Å². The molecule has 0 bridgehead atoms. The lowest BCUT2D eigenvalue weighted by molar-refractivity contribution is -0.0830. The number of rotatable bonds is 1. The molecule has 0 N–H and O–H groups in total. The van der Waals surface area contributed by atoms with Crippen LogP contribution in [0.5, 0.6) is 0 Å². The Hall–Kier alpha value is 0.210. The lowest BCUT2D eigenvalue weighted by atomic mass is 10.0. The van der Waals surface area contributed by atoms with E-state index < -0.39 is 0 Å². The van der Waals surface area contributed by atoms with Crippen molar-refractivity contribution in [3.05, 3.63) is 0 Å². The smallest absolute Gasteiger partial charge is 0.0850 e.